The van der Waals surface area contributed by atoms with E-state index in [1.807, 2.05) is 6.92 Å². The van der Waals surface area contributed by atoms with E-state index in [4.69, 9.17) is 9.47 Å². The highest BCUT2D eigenvalue weighted by atomic mass is 16.5. The van der Waals surface area contributed by atoms with Gasteiger partial charge in [0.15, 0.2) is 0 Å². The number of unbranched alkanes of at least 4 members (excludes halogenated alkanes) is 20. The third kappa shape index (κ3) is 35.9. The van der Waals surface area contributed by atoms with Crippen LogP contribution in [0.25, 0.3) is 0 Å². The molecular weight excluding hydrogens is 612 g/mol. The minimum absolute atomic E-state index is 0.256. The molecule has 4 atom stereocenters. The maximum Gasteiger partial charge on any atom is 0.0701 e. The van der Waals surface area contributed by atoms with Gasteiger partial charge in [-0.25, -0.2) is 0 Å². The second-order valence-electron chi connectivity index (χ2n) is 15.1. The molecule has 0 aromatic rings. The Balaban J connectivity index is 4.34. The van der Waals surface area contributed by atoms with Crippen LogP contribution in [0.4, 0.5) is 0 Å². The molecule has 0 saturated heterocycles. The van der Waals surface area contributed by atoms with Crippen LogP contribution >= 0.6 is 0 Å². The first kappa shape index (κ1) is 48.7. The van der Waals surface area contributed by atoms with E-state index in [9.17, 15) is 15.3 Å². The number of hydrogen-bond donors (Lipinski definition) is 4. The Morgan fingerprint density at radius 2 is 0.959 bits per heavy atom. The predicted octanol–water partition coefficient (Wildman–Crippen LogP) is 9.44. The summed E-state index contributed by atoms with van der Waals surface area (Å²) < 4.78 is 11.5. The SMILES string of the molecule is CCCCCCCCCCCCCCC(O)CN(CCOCCOCCNCC(O)CC)CC(O)C(C)CCCCCCCCCCCC. The second-order valence-corrected chi connectivity index (χ2v) is 15.1. The first-order valence-electron chi connectivity index (χ1n) is 21.6. The van der Waals surface area contributed by atoms with E-state index in [2.05, 4.69) is 31.0 Å². The van der Waals surface area contributed by atoms with Gasteiger partial charge in [0, 0.05) is 32.7 Å². The summed E-state index contributed by atoms with van der Waals surface area (Å²) in [6.07, 6.45) is 30.8. The number of rotatable bonds is 41. The van der Waals surface area contributed by atoms with Crippen molar-refractivity contribution in [2.24, 2.45) is 5.92 Å². The fourth-order valence-corrected chi connectivity index (χ4v) is 6.53. The molecule has 7 heteroatoms. The van der Waals surface area contributed by atoms with Crippen molar-refractivity contribution in [3.05, 3.63) is 0 Å². The number of hydrogen-bond acceptors (Lipinski definition) is 7. The molecule has 4 N–H and O–H groups in total. The lowest BCUT2D eigenvalue weighted by Gasteiger charge is -2.29. The summed E-state index contributed by atoms with van der Waals surface area (Å²) in [7, 11) is 0. The summed E-state index contributed by atoms with van der Waals surface area (Å²) in [5.41, 5.74) is 0. The zero-order valence-corrected chi connectivity index (χ0v) is 33.5. The highest BCUT2D eigenvalue weighted by molar-refractivity contribution is 4.73. The summed E-state index contributed by atoms with van der Waals surface area (Å²) in [5.74, 6) is 0.256. The molecule has 0 amide bonds. The molecule has 0 fully saturated rings. The number of nitrogens with zero attached hydrogens (tertiary/aromatic N) is 1. The summed E-state index contributed by atoms with van der Waals surface area (Å²) in [6.45, 7) is 14.1. The lowest BCUT2D eigenvalue weighted by Crippen LogP contribution is -2.42. The van der Waals surface area contributed by atoms with E-state index in [0.29, 0.717) is 52.6 Å². The molecule has 0 aliphatic carbocycles. The monoisotopic (exact) mass is 701 g/mol. The van der Waals surface area contributed by atoms with Gasteiger partial charge >= 0.3 is 0 Å². The Morgan fingerprint density at radius 1 is 0.510 bits per heavy atom. The highest BCUT2D eigenvalue weighted by Crippen LogP contribution is 2.18. The van der Waals surface area contributed by atoms with Crippen molar-refractivity contribution in [2.45, 2.75) is 207 Å². The second kappa shape index (κ2) is 38.9. The van der Waals surface area contributed by atoms with Crippen LogP contribution in [0.3, 0.4) is 0 Å². The number of aliphatic hydroxyl groups is 3. The fraction of sp³-hybridized carbons (Fsp3) is 1.00. The standard InChI is InChI=1S/C42H88N2O5/c1-5-8-10-12-14-16-18-19-21-23-25-27-29-41(46)37-44(31-33-49-35-34-48-32-30-43-36-40(45)7-3)38-42(47)39(4)28-26-24-22-20-17-15-13-11-9-6-2/h39-43,45-47H,5-38H2,1-4H3. The van der Waals surface area contributed by atoms with Gasteiger partial charge in [0.1, 0.15) is 0 Å². The molecule has 0 heterocycles. The van der Waals surface area contributed by atoms with Crippen LogP contribution in [0, 0.1) is 5.92 Å². The molecule has 0 aromatic carbocycles. The maximum absolute atomic E-state index is 11.1. The quantitative estimate of drug-likeness (QED) is 0.0472. The normalized spacial score (nSPS) is 14.4. The Morgan fingerprint density at radius 3 is 1.45 bits per heavy atom. The van der Waals surface area contributed by atoms with Crippen molar-refractivity contribution >= 4 is 0 Å². The molecule has 296 valence electrons. The van der Waals surface area contributed by atoms with Crippen molar-refractivity contribution in [2.75, 3.05) is 59.2 Å². The zero-order chi connectivity index (χ0) is 36.0. The van der Waals surface area contributed by atoms with Crippen LogP contribution in [0.1, 0.15) is 188 Å². The van der Waals surface area contributed by atoms with Gasteiger partial charge in [0.2, 0.25) is 0 Å². The average molecular weight is 701 g/mol. The van der Waals surface area contributed by atoms with Crippen LogP contribution in [0.2, 0.25) is 0 Å². The van der Waals surface area contributed by atoms with Crippen LogP contribution in [0.5, 0.6) is 0 Å². The minimum atomic E-state index is -0.389. The zero-order valence-electron chi connectivity index (χ0n) is 33.5. The first-order chi connectivity index (χ1) is 23.9. The van der Waals surface area contributed by atoms with Gasteiger partial charge < -0.3 is 30.1 Å². The Hall–Kier alpha value is -0.280. The third-order valence-electron chi connectivity index (χ3n) is 10.2. The van der Waals surface area contributed by atoms with Crippen molar-refractivity contribution in [1.29, 1.82) is 0 Å². The molecule has 0 spiro atoms. The number of aliphatic hydroxyl groups excluding tert-OH is 3. The highest BCUT2D eigenvalue weighted by Gasteiger charge is 2.20. The molecular formula is C42H88N2O5. The van der Waals surface area contributed by atoms with E-state index in [-0.39, 0.29) is 24.2 Å². The molecule has 0 aliphatic heterocycles. The van der Waals surface area contributed by atoms with Crippen molar-refractivity contribution in [3.63, 3.8) is 0 Å². The average Bonchev–Trinajstić information content (AvgIpc) is 3.09. The van der Waals surface area contributed by atoms with Crippen molar-refractivity contribution in [1.82, 2.24) is 10.2 Å². The van der Waals surface area contributed by atoms with Crippen LogP contribution in [-0.2, 0) is 9.47 Å². The number of ether oxygens (including phenoxy) is 2. The van der Waals surface area contributed by atoms with Gasteiger partial charge in [0.25, 0.3) is 0 Å². The van der Waals surface area contributed by atoms with Gasteiger partial charge in [0.05, 0.1) is 44.7 Å². The smallest absolute Gasteiger partial charge is 0.0701 e. The minimum Gasteiger partial charge on any atom is -0.392 e. The summed E-state index contributed by atoms with van der Waals surface area (Å²) >= 11 is 0. The third-order valence-corrected chi connectivity index (χ3v) is 10.2. The lowest BCUT2D eigenvalue weighted by molar-refractivity contribution is 0.0105. The van der Waals surface area contributed by atoms with Gasteiger partial charge in [-0.15, -0.1) is 0 Å². The largest absolute Gasteiger partial charge is 0.392 e. The Bertz CT molecular complexity index is 628. The summed E-state index contributed by atoms with van der Waals surface area (Å²) in [6, 6.07) is 0. The van der Waals surface area contributed by atoms with E-state index >= 15 is 0 Å². The molecule has 0 radical (unpaired) electrons. The topological polar surface area (TPSA) is 94.4 Å². The molecule has 49 heavy (non-hydrogen) atoms. The molecule has 7 nitrogen and oxygen atoms in total. The van der Waals surface area contributed by atoms with Crippen molar-refractivity contribution in [3.8, 4) is 0 Å². The van der Waals surface area contributed by atoms with Crippen LogP contribution in [0.15, 0.2) is 0 Å². The molecule has 0 bridgehead atoms. The number of nitrogens with one attached hydrogen (secondary N) is 1. The van der Waals surface area contributed by atoms with Gasteiger partial charge in [-0.3, -0.25) is 4.90 Å². The van der Waals surface area contributed by atoms with Gasteiger partial charge in [-0.1, -0.05) is 169 Å². The van der Waals surface area contributed by atoms with E-state index in [1.54, 1.807) is 0 Å². The van der Waals surface area contributed by atoms with Crippen molar-refractivity contribution < 1.29 is 24.8 Å². The fourth-order valence-electron chi connectivity index (χ4n) is 6.53. The molecule has 0 saturated carbocycles. The Labute approximate surface area is 306 Å². The van der Waals surface area contributed by atoms with Crippen LogP contribution in [-0.4, -0.2) is 97.7 Å². The predicted molar refractivity (Wildman–Crippen MR) is 211 cm³/mol. The molecule has 0 aromatic heterocycles. The Kier molecular flexibility index (Phi) is 38.7. The maximum atomic E-state index is 11.1. The van der Waals surface area contributed by atoms with E-state index in [0.717, 1.165) is 32.2 Å². The van der Waals surface area contributed by atoms with Crippen LogP contribution < -0.4 is 5.32 Å². The van der Waals surface area contributed by atoms with Gasteiger partial charge in [-0.05, 0) is 25.2 Å². The summed E-state index contributed by atoms with van der Waals surface area (Å²) in [4.78, 5) is 2.22. The van der Waals surface area contributed by atoms with Gasteiger partial charge in [-0.2, -0.15) is 0 Å². The molecule has 0 rings (SSSR count). The first-order valence-corrected chi connectivity index (χ1v) is 21.6. The molecule has 0 aliphatic rings. The molecule has 4 unspecified atom stereocenters. The lowest BCUT2D eigenvalue weighted by atomic mass is 9.96. The van der Waals surface area contributed by atoms with E-state index in [1.165, 1.54) is 135 Å². The van der Waals surface area contributed by atoms with E-state index < -0.39 is 0 Å². The summed E-state index contributed by atoms with van der Waals surface area (Å²) in [5, 5.41) is 34.8.